The number of amides is 2. The average Bonchev–Trinajstić information content (AvgIpc) is 2.86. The number of benzene rings is 1. The Bertz CT molecular complexity index is 507. The van der Waals surface area contributed by atoms with Gasteiger partial charge in [0.25, 0.3) is 0 Å². The van der Waals surface area contributed by atoms with Crippen molar-refractivity contribution in [1.29, 1.82) is 0 Å². The number of hydrogen-bond donors (Lipinski definition) is 2. The molecule has 5 nitrogen and oxygen atoms in total. The van der Waals surface area contributed by atoms with Gasteiger partial charge in [0.05, 0.1) is 0 Å². The van der Waals surface area contributed by atoms with E-state index < -0.39 is 6.09 Å². The quantitative estimate of drug-likeness (QED) is 0.883. The molecule has 1 heterocycles. The number of nitrogens with one attached hydrogen (secondary N) is 1. The van der Waals surface area contributed by atoms with E-state index in [0.29, 0.717) is 32.4 Å². The third kappa shape index (κ3) is 3.96. The normalized spacial score (nSPS) is 18.1. The first-order valence-corrected chi connectivity index (χ1v) is 7.36. The highest BCUT2D eigenvalue weighted by Crippen LogP contribution is 2.17. The summed E-state index contributed by atoms with van der Waals surface area (Å²) in [6.07, 6.45) is 0.844. The fourth-order valence-corrected chi connectivity index (χ4v) is 2.78. The summed E-state index contributed by atoms with van der Waals surface area (Å²) in [6, 6.07) is 7.76. The molecule has 1 aliphatic rings. The van der Waals surface area contributed by atoms with Gasteiger partial charge < -0.3 is 15.3 Å². The fourth-order valence-electron chi connectivity index (χ4n) is 2.30. The topological polar surface area (TPSA) is 69.6 Å². The van der Waals surface area contributed by atoms with Crippen molar-refractivity contribution < 1.29 is 14.7 Å². The molecule has 2 amide bonds. The van der Waals surface area contributed by atoms with Crippen molar-refractivity contribution in [3.8, 4) is 0 Å². The zero-order valence-corrected chi connectivity index (χ0v) is 12.6. The molecule has 1 aromatic rings. The van der Waals surface area contributed by atoms with Crippen LogP contribution in [0.5, 0.6) is 0 Å². The molecule has 2 N–H and O–H groups in total. The maximum Gasteiger partial charge on any atom is 0.407 e. The van der Waals surface area contributed by atoms with Crippen molar-refractivity contribution in [1.82, 2.24) is 10.2 Å². The van der Waals surface area contributed by atoms with Crippen LogP contribution in [0.15, 0.2) is 28.7 Å². The lowest BCUT2D eigenvalue weighted by molar-refractivity contribution is -0.121. The summed E-state index contributed by atoms with van der Waals surface area (Å²) in [5.41, 5.74) is 1.10. The number of halogens is 1. The van der Waals surface area contributed by atoms with Crippen LogP contribution in [0.2, 0.25) is 0 Å². The predicted octanol–water partition coefficient (Wildman–Crippen LogP) is 2.25. The molecule has 6 heteroatoms. The zero-order chi connectivity index (χ0) is 14.5. The van der Waals surface area contributed by atoms with Crippen molar-refractivity contribution in [2.24, 2.45) is 0 Å². The SMILES string of the molecule is O=C(CCc1ccccc1Br)NC1CCN(C(=O)O)C1. The molecule has 1 saturated heterocycles. The van der Waals surface area contributed by atoms with Crippen LogP contribution in [0, 0.1) is 0 Å². The highest BCUT2D eigenvalue weighted by Gasteiger charge is 2.26. The average molecular weight is 341 g/mol. The van der Waals surface area contributed by atoms with E-state index in [4.69, 9.17) is 5.11 Å². The molecule has 0 aliphatic carbocycles. The molecule has 0 aromatic heterocycles. The Morgan fingerprint density at radius 1 is 1.40 bits per heavy atom. The van der Waals surface area contributed by atoms with Crippen molar-refractivity contribution in [2.45, 2.75) is 25.3 Å². The molecule has 2 rings (SSSR count). The summed E-state index contributed by atoms with van der Waals surface area (Å²) in [4.78, 5) is 24.0. The number of aryl methyl sites for hydroxylation is 1. The molecule has 1 aliphatic heterocycles. The molecule has 1 unspecified atom stereocenters. The lowest BCUT2D eigenvalue weighted by atomic mass is 10.1. The van der Waals surface area contributed by atoms with Gasteiger partial charge in [-0.2, -0.15) is 0 Å². The van der Waals surface area contributed by atoms with Gasteiger partial charge in [0.1, 0.15) is 0 Å². The standard InChI is InChI=1S/C14H17BrN2O3/c15-12-4-2-1-3-10(12)5-6-13(18)16-11-7-8-17(9-11)14(19)20/h1-4,11H,5-9H2,(H,16,18)(H,19,20). The zero-order valence-electron chi connectivity index (χ0n) is 11.0. The smallest absolute Gasteiger partial charge is 0.407 e. The number of carboxylic acid groups (broad SMARTS) is 1. The summed E-state index contributed by atoms with van der Waals surface area (Å²) in [5, 5.41) is 11.7. The van der Waals surface area contributed by atoms with E-state index in [2.05, 4.69) is 21.2 Å². The molecular weight excluding hydrogens is 324 g/mol. The highest BCUT2D eigenvalue weighted by atomic mass is 79.9. The number of carbonyl (C=O) groups excluding carboxylic acids is 1. The van der Waals surface area contributed by atoms with Gasteiger partial charge >= 0.3 is 6.09 Å². The van der Waals surface area contributed by atoms with E-state index in [1.165, 1.54) is 4.90 Å². The largest absolute Gasteiger partial charge is 0.465 e. The molecular formula is C14H17BrN2O3. The van der Waals surface area contributed by atoms with Crippen LogP contribution in [0.25, 0.3) is 0 Å². The van der Waals surface area contributed by atoms with Crippen molar-refractivity contribution in [2.75, 3.05) is 13.1 Å². The van der Waals surface area contributed by atoms with Crippen LogP contribution in [0.1, 0.15) is 18.4 Å². The molecule has 0 spiro atoms. The third-order valence-corrected chi connectivity index (χ3v) is 4.18. The van der Waals surface area contributed by atoms with E-state index in [1.807, 2.05) is 24.3 Å². The Kier molecular flexibility index (Phi) is 5.00. The van der Waals surface area contributed by atoms with E-state index in [1.54, 1.807) is 0 Å². The van der Waals surface area contributed by atoms with E-state index >= 15 is 0 Å². The molecule has 0 bridgehead atoms. The number of carbonyl (C=O) groups is 2. The van der Waals surface area contributed by atoms with Gasteiger partial charge in [-0.25, -0.2) is 4.79 Å². The second-order valence-electron chi connectivity index (χ2n) is 4.87. The van der Waals surface area contributed by atoms with Gasteiger partial charge in [0.2, 0.25) is 5.91 Å². The molecule has 20 heavy (non-hydrogen) atoms. The fraction of sp³-hybridized carbons (Fsp3) is 0.429. The summed E-state index contributed by atoms with van der Waals surface area (Å²) in [5.74, 6) is -0.0296. The number of hydrogen-bond acceptors (Lipinski definition) is 2. The van der Waals surface area contributed by atoms with E-state index in [9.17, 15) is 9.59 Å². The first-order valence-electron chi connectivity index (χ1n) is 6.57. The Hall–Kier alpha value is -1.56. The predicted molar refractivity (Wildman–Crippen MR) is 78.6 cm³/mol. The van der Waals surface area contributed by atoms with Crippen LogP contribution in [-0.4, -0.2) is 41.1 Å². The van der Waals surface area contributed by atoms with Crippen LogP contribution >= 0.6 is 15.9 Å². The first kappa shape index (κ1) is 14.8. The first-order chi connectivity index (χ1) is 9.56. The van der Waals surface area contributed by atoms with Gasteiger partial charge in [0, 0.05) is 30.0 Å². The minimum atomic E-state index is -0.921. The Morgan fingerprint density at radius 3 is 2.80 bits per heavy atom. The van der Waals surface area contributed by atoms with Crippen molar-refractivity contribution >= 4 is 27.9 Å². The molecule has 0 saturated carbocycles. The number of rotatable bonds is 4. The van der Waals surface area contributed by atoms with Crippen LogP contribution in [0.4, 0.5) is 4.79 Å². The van der Waals surface area contributed by atoms with Crippen LogP contribution in [-0.2, 0) is 11.2 Å². The summed E-state index contributed by atoms with van der Waals surface area (Å²) < 4.78 is 1.01. The lowest BCUT2D eigenvalue weighted by Crippen LogP contribution is -2.38. The second kappa shape index (κ2) is 6.74. The maximum absolute atomic E-state index is 11.9. The minimum absolute atomic E-state index is 0.0296. The number of nitrogens with zero attached hydrogens (tertiary/aromatic N) is 1. The van der Waals surface area contributed by atoms with Crippen LogP contribution in [0.3, 0.4) is 0 Å². The number of likely N-dealkylation sites (tertiary alicyclic amines) is 1. The van der Waals surface area contributed by atoms with Crippen molar-refractivity contribution in [3.05, 3.63) is 34.3 Å². The summed E-state index contributed by atoms with van der Waals surface area (Å²) in [7, 11) is 0. The van der Waals surface area contributed by atoms with Gasteiger partial charge in [-0.05, 0) is 24.5 Å². The van der Waals surface area contributed by atoms with Gasteiger partial charge in [-0.3, -0.25) is 4.79 Å². The molecule has 0 radical (unpaired) electrons. The van der Waals surface area contributed by atoms with Crippen molar-refractivity contribution in [3.63, 3.8) is 0 Å². The summed E-state index contributed by atoms with van der Waals surface area (Å²) >= 11 is 3.45. The van der Waals surface area contributed by atoms with Gasteiger partial charge in [0.15, 0.2) is 0 Å². The monoisotopic (exact) mass is 340 g/mol. The summed E-state index contributed by atoms with van der Waals surface area (Å²) in [6.45, 7) is 0.876. The molecule has 1 atom stereocenters. The Balaban J connectivity index is 1.77. The minimum Gasteiger partial charge on any atom is -0.465 e. The Morgan fingerprint density at radius 2 is 2.15 bits per heavy atom. The third-order valence-electron chi connectivity index (χ3n) is 3.40. The highest BCUT2D eigenvalue weighted by molar-refractivity contribution is 9.10. The van der Waals surface area contributed by atoms with Crippen LogP contribution < -0.4 is 5.32 Å². The van der Waals surface area contributed by atoms with Gasteiger partial charge in [-0.15, -0.1) is 0 Å². The molecule has 1 aromatic carbocycles. The molecule has 1 fully saturated rings. The van der Waals surface area contributed by atoms with E-state index in [0.717, 1.165) is 10.0 Å². The maximum atomic E-state index is 11.9. The molecule has 108 valence electrons. The lowest BCUT2D eigenvalue weighted by Gasteiger charge is -2.14. The second-order valence-corrected chi connectivity index (χ2v) is 5.73. The van der Waals surface area contributed by atoms with Gasteiger partial charge in [-0.1, -0.05) is 34.1 Å². The Labute approximate surface area is 126 Å². The van der Waals surface area contributed by atoms with E-state index in [-0.39, 0.29) is 11.9 Å².